The van der Waals surface area contributed by atoms with Crippen molar-refractivity contribution in [2.45, 2.75) is 39.5 Å². The molecule has 0 atom stereocenters. The van der Waals surface area contributed by atoms with Gasteiger partial charge in [0, 0.05) is 5.41 Å². The Kier molecular flexibility index (Phi) is 4.95. The van der Waals surface area contributed by atoms with E-state index in [-0.39, 0.29) is 11.2 Å². The minimum Gasteiger partial charge on any atom is -0.508 e. The van der Waals surface area contributed by atoms with E-state index >= 15 is 0 Å². The number of phenolic OH excluding ortho intramolecular Hbond substituents is 1. The van der Waals surface area contributed by atoms with Crippen molar-refractivity contribution in [2.75, 3.05) is 6.61 Å². The third-order valence-corrected chi connectivity index (χ3v) is 4.16. The Morgan fingerprint density at radius 3 is 2.35 bits per heavy atom. The Labute approximate surface area is 138 Å². The molecule has 0 amide bonds. The molecule has 0 aromatic heterocycles. The summed E-state index contributed by atoms with van der Waals surface area (Å²) in [5, 5.41) is 19.0. The van der Waals surface area contributed by atoms with Gasteiger partial charge in [-0.05, 0) is 48.2 Å². The number of hydrogen-bond acceptors (Lipinski definition) is 3. The van der Waals surface area contributed by atoms with Gasteiger partial charge in [0.1, 0.15) is 17.6 Å². The summed E-state index contributed by atoms with van der Waals surface area (Å²) < 4.78 is 5.74. The molecule has 2 rings (SSSR count). The number of phenols is 1. The van der Waals surface area contributed by atoms with Crippen LogP contribution >= 0.6 is 0 Å². The van der Waals surface area contributed by atoms with Gasteiger partial charge in [-0.15, -0.1) is 0 Å². The largest absolute Gasteiger partial charge is 0.508 e. The summed E-state index contributed by atoms with van der Waals surface area (Å²) in [5.41, 5.74) is 3.41. The van der Waals surface area contributed by atoms with Gasteiger partial charge < -0.3 is 9.84 Å². The van der Waals surface area contributed by atoms with Crippen LogP contribution in [0.2, 0.25) is 0 Å². The van der Waals surface area contributed by atoms with E-state index in [0.29, 0.717) is 17.9 Å². The maximum atomic E-state index is 9.48. The predicted octanol–water partition coefficient (Wildman–Crippen LogP) is 4.69. The first kappa shape index (κ1) is 16.9. The average Bonchev–Trinajstić information content (AvgIpc) is 2.53. The first-order valence-electron chi connectivity index (χ1n) is 7.87. The molecule has 120 valence electrons. The van der Waals surface area contributed by atoms with Crippen molar-refractivity contribution < 1.29 is 9.84 Å². The summed E-state index contributed by atoms with van der Waals surface area (Å²) in [4.78, 5) is 0. The lowest BCUT2D eigenvalue weighted by Crippen LogP contribution is -2.19. The van der Waals surface area contributed by atoms with Gasteiger partial charge in [-0.1, -0.05) is 39.0 Å². The Hall–Kier alpha value is -2.47. The molecular weight excluding hydrogens is 286 g/mol. The first-order chi connectivity index (χ1) is 10.9. The summed E-state index contributed by atoms with van der Waals surface area (Å²) in [7, 11) is 0. The zero-order valence-corrected chi connectivity index (χ0v) is 14.2. The number of ether oxygens (including phenoxy) is 1. The average molecular weight is 309 g/mol. The molecule has 1 N–H and O–H groups in total. The van der Waals surface area contributed by atoms with Gasteiger partial charge in [0.15, 0.2) is 0 Å². The van der Waals surface area contributed by atoms with Crippen LogP contribution in [-0.4, -0.2) is 11.7 Å². The van der Waals surface area contributed by atoms with Crippen LogP contribution in [0.3, 0.4) is 0 Å². The summed E-state index contributed by atoms with van der Waals surface area (Å²) >= 11 is 0. The Bertz CT molecular complexity index is 725. The van der Waals surface area contributed by atoms with Crippen LogP contribution in [0.5, 0.6) is 11.5 Å². The first-order valence-corrected chi connectivity index (χ1v) is 7.87. The second kappa shape index (κ2) is 6.75. The van der Waals surface area contributed by atoms with Crippen molar-refractivity contribution in [1.82, 2.24) is 0 Å². The molecule has 0 spiro atoms. The molecular formula is C20H23NO2. The van der Waals surface area contributed by atoms with Crippen LogP contribution in [0.4, 0.5) is 0 Å². The maximum absolute atomic E-state index is 9.48. The van der Waals surface area contributed by atoms with Crippen molar-refractivity contribution in [3.63, 3.8) is 0 Å². The molecule has 0 bridgehead atoms. The minimum absolute atomic E-state index is 0.252. The molecule has 3 heteroatoms. The van der Waals surface area contributed by atoms with Crippen molar-refractivity contribution in [3.05, 3.63) is 58.7 Å². The van der Waals surface area contributed by atoms with E-state index < -0.39 is 0 Å². The van der Waals surface area contributed by atoms with Crippen LogP contribution in [-0.2, 0) is 5.41 Å². The highest BCUT2D eigenvalue weighted by Crippen LogP contribution is 2.36. The van der Waals surface area contributed by atoms with E-state index in [1.165, 1.54) is 0 Å². The second-order valence-electron chi connectivity index (χ2n) is 6.30. The van der Waals surface area contributed by atoms with Crippen LogP contribution in [0, 0.1) is 18.3 Å². The van der Waals surface area contributed by atoms with Crippen LogP contribution in [0.25, 0.3) is 0 Å². The maximum Gasteiger partial charge on any atom is 0.139 e. The number of benzene rings is 2. The molecule has 0 saturated heterocycles. The van der Waals surface area contributed by atoms with Crippen molar-refractivity contribution in [2.24, 2.45) is 0 Å². The fourth-order valence-electron chi connectivity index (χ4n) is 2.66. The lowest BCUT2D eigenvalue weighted by molar-refractivity contribution is 0.314. The van der Waals surface area contributed by atoms with Gasteiger partial charge in [-0.25, -0.2) is 0 Å². The van der Waals surface area contributed by atoms with Gasteiger partial charge in [0.25, 0.3) is 0 Å². The van der Waals surface area contributed by atoms with Gasteiger partial charge in [0.05, 0.1) is 12.2 Å². The number of aryl methyl sites for hydroxylation is 1. The highest BCUT2D eigenvalue weighted by atomic mass is 16.5. The molecule has 0 aliphatic rings. The summed E-state index contributed by atoms with van der Waals surface area (Å²) in [6, 6.07) is 13.4. The summed E-state index contributed by atoms with van der Waals surface area (Å²) in [5.74, 6) is 0.932. The van der Waals surface area contributed by atoms with E-state index in [1.54, 1.807) is 12.1 Å². The molecule has 0 aliphatic carbocycles. The van der Waals surface area contributed by atoms with Gasteiger partial charge in [-0.2, -0.15) is 5.26 Å². The standard InChI is InChI=1S/C20H23NO2/c1-5-10-23-19-14(2)11-17(12-15(19)13-21)20(3,4)16-6-8-18(22)9-7-16/h6-9,11-12,22H,5,10H2,1-4H3. The monoisotopic (exact) mass is 309 g/mol. The topological polar surface area (TPSA) is 53.2 Å². The second-order valence-corrected chi connectivity index (χ2v) is 6.30. The smallest absolute Gasteiger partial charge is 0.139 e. The Balaban J connectivity index is 2.49. The number of aromatic hydroxyl groups is 1. The molecule has 0 fully saturated rings. The lowest BCUT2D eigenvalue weighted by atomic mass is 9.77. The quantitative estimate of drug-likeness (QED) is 0.872. The van der Waals surface area contributed by atoms with Crippen LogP contribution in [0.1, 0.15) is 49.4 Å². The molecule has 23 heavy (non-hydrogen) atoms. The van der Waals surface area contributed by atoms with Crippen LogP contribution < -0.4 is 4.74 Å². The third-order valence-electron chi connectivity index (χ3n) is 4.16. The van der Waals surface area contributed by atoms with E-state index in [0.717, 1.165) is 23.1 Å². The summed E-state index contributed by atoms with van der Waals surface area (Å²) in [6.07, 6.45) is 0.908. The number of nitriles is 1. The van der Waals surface area contributed by atoms with Gasteiger partial charge in [0.2, 0.25) is 0 Å². The number of hydrogen-bond donors (Lipinski definition) is 1. The summed E-state index contributed by atoms with van der Waals surface area (Å²) in [6.45, 7) is 8.85. The Morgan fingerprint density at radius 2 is 1.78 bits per heavy atom. The van der Waals surface area contributed by atoms with E-state index in [9.17, 15) is 10.4 Å². The predicted molar refractivity (Wildman–Crippen MR) is 91.9 cm³/mol. The highest BCUT2D eigenvalue weighted by molar-refractivity contribution is 5.54. The molecule has 0 heterocycles. The van der Waals surface area contributed by atoms with Gasteiger partial charge in [-0.3, -0.25) is 0 Å². The molecule has 2 aromatic rings. The lowest BCUT2D eigenvalue weighted by Gasteiger charge is -2.27. The molecule has 0 saturated carbocycles. The normalized spacial score (nSPS) is 11.1. The number of rotatable bonds is 5. The van der Waals surface area contributed by atoms with Crippen LogP contribution in [0.15, 0.2) is 36.4 Å². The van der Waals surface area contributed by atoms with E-state index in [1.807, 2.05) is 32.0 Å². The van der Waals surface area contributed by atoms with E-state index in [2.05, 4.69) is 26.0 Å². The molecule has 0 unspecified atom stereocenters. The number of nitrogens with zero attached hydrogens (tertiary/aromatic N) is 1. The molecule has 0 aliphatic heterocycles. The van der Waals surface area contributed by atoms with Crippen molar-refractivity contribution >= 4 is 0 Å². The molecule has 0 radical (unpaired) electrons. The van der Waals surface area contributed by atoms with E-state index in [4.69, 9.17) is 4.74 Å². The zero-order chi connectivity index (χ0) is 17.0. The fraction of sp³-hybridized carbons (Fsp3) is 0.350. The Morgan fingerprint density at radius 1 is 1.13 bits per heavy atom. The molecule has 2 aromatic carbocycles. The highest BCUT2D eigenvalue weighted by Gasteiger charge is 2.25. The van der Waals surface area contributed by atoms with Gasteiger partial charge >= 0.3 is 0 Å². The third kappa shape index (κ3) is 3.48. The fourth-order valence-corrected chi connectivity index (χ4v) is 2.66. The zero-order valence-electron chi connectivity index (χ0n) is 14.2. The molecule has 3 nitrogen and oxygen atoms in total. The van der Waals surface area contributed by atoms with Crippen molar-refractivity contribution in [1.29, 1.82) is 5.26 Å². The SMILES string of the molecule is CCCOc1c(C)cc(C(C)(C)c2ccc(O)cc2)cc1C#N. The van der Waals surface area contributed by atoms with Crippen molar-refractivity contribution in [3.8, 4) is 17.6 Å². The minimum atomic E-state index is -0.270.